The molecule has 1 unspecified atom stereocenters. The van der Waals surface area contributed by atoms with Crippen LogP contribution in [0.2, 0.25) is 0 Å². The number of hydrogen-bond donors (Lipinski definition) is 1. The van der Waals surface area contributed by atoms with Crippen molar-refractivity contribution in [3.8, 4) is 0 Å². The van der Waals surface area contributed by atoms with Gasteiger partial charge in [0.05, 0.1) is 0 Å². The zero-order valence-electron chi connectivity index (χ0n) is 5.68. The van der Waals surface area contributed by atoms with Crippen LogP contribution < -0.4 is 0 Å². The quantitative estimate of drug-likeness (QED) is 0.577. The third-order valence-corrected chi connectivity index (χ3v) is 0.972. The lowest BCUT2D eigenvalue weighted by atomic mass is 10.3. The van der Waals surface area contributed by atoms with Gasteiger partial charge in [0.25, 0.3) is 0 Å². The Kier molecular flexibility index (Phi) is 5.52. The average Bonchev–Trinajstić information content (AvgIpc) is 1.89. The first-order valence-corrected chi connectivity index (χ1v) is 3.22. The van der Waals surface area contributed by atoms with Gasteiger partial charge in [0, 0.05) is 0 Å². The van der Waals surface area contributed by atoms with E-state index in [4.69, 9.17) is 5.11 Å². The van der Waals surface area contributed by atoms with Crippen molar-refractivity contribution in [2.75, 3.05) is 6.67 Å². The maximum absolute atomic E-state index is 11.5. The summed E-state index contributed by atoms with van der Waals surface area (Å²) in [5.41, 5.74) is 0. The van der Waals surface area contributed by atoms with Crippen LogP contribution >= 0.6 is 0 Å². The second-order valence-electron chi connectivity index (χ2n) is 1.94. The van der Waals surface area contributed by atoms with E-state index in [-0.39, 0.29) is 0 Å². The van der Waals surface area contributed by atoms with Gasteiger partial charge in [-0.25, -0.2) is 4.39 Å². The number of unbranched alkanes of at least 4 members (excludes halogenated alkanes) is 1. The van der Waals surface area contributed by atoms with Crippen molar-refractivity contribution in [2.24, 2.45) is 0 Å². The highest BCUT2D eigenvalue weighted by molar-refractivity contribution is 4.87. The summed E-state index contributed by atoms with van der Waals surface area (Å²) >= 11 is 0. The van der Waals surface area contributed by atoms with Crippen LogP contribution in [0.25, 0.3) is 0 Å². The van der Waals surface area contributed by atoms with Crippen LogP contribution in [0.15, 0.2) is 12.2 Å². The predicted molar refractivity (Wildman–Crippen MR) is 36.0 cm³/mol. The van der Waals surface area contributed by atoms with E-state index in [1.165, 1.54) is 6.08 Å². The Bertz CT molecular complexity index is 81.0. The van der Waals surface area contributed by atoms with Crippen LogP contribution in [0.5, 0.6) is 0 Å². The number of hydrogen-bond acceptors (Lipinski definition) is 1. The minimum Gasteiger partial charge on any atom is -0.386 e. The van der Waals surface area contributed by atoms with Crippen molar-refractivity contribution in [2.45, 2.75) is 25.9 Å². The molecule has 0 bridgehead atoms. The van der Waals surface area contributed by atoms with E-state index in [0.717, 1.165) is 12.8 Å². The molecule has 1 atom stereocenters. The predicted octanol–water partition coefficient (Wildman–Crippen LogP) is 1.67. The van der Waals surface area contributed by atoms with Gasteiger partial charge in [-0.2, -0.15) is 0 Å². The molecule has 0 radical (unpaired) electrons. The summed E-state index contributed by atoms with van der Waals surface area (Å²) in [7, 11) is 0. The summed E-state index contributed by atoms with van der Waals surface area (Å²) in [4.78, 5) is 0. The Hall–Kier alpha value is -0.370. The number of rotatable bonds is 4. The minimum atomic E-state index is -0.892. The van der Waals surface area contributed by atoms with Crippen molar-refractivity contribution in [3.63, 3.8) is 0 Å². The average molecular weight is 132 g/mol. The van der Waals surface area contributed by atoms with Gasteiger partial charge in [-0.1, -0.05) is 25.5 Å². The second-order valence-corrected chi connectivity index (χ2v) is 1.94. The summed E-state index contributed by atoms with van der Waals surface area (Å²) in [6, 6.07) is 0. The largest absolute Gasteiger partial charge is 0.386 e. The molecule has 0 rings (SSSR count). The van der Waals surface area contributed by atoms with Gasteiger partial charge in [0.1, 0.15) is 12.8 Å². The van der Waals surface area contributed by atoms with Crippen molar-refractivity contribution in [3.05, 3.63) is 12.2 Å². The Labute approximate surface area is 55.2 Å². The smallest absolute Gasteiger partial charge is 0.119 e. The normalized spacial score (nSPS) is 14.6. The van der Waals surface area contributed by atoms with E-state index in [0.29, 0.717) is 0 Å². The molecule has 0 fully saturated rings. The Morgan fingerprint density at radius 1 is 1.67 bits per heavy atom. The highest BCUT2D eigenvalue weighted by Gasteiger charge is 1.92. The van der Waals surface area contributed by atoms with Crippen LogP contribution in [0.3, 0.4) is 0 Å². The Morgan fingerprint density at radius 2 is 2.33 bits per heavy atom. The lowest BCUT2D eigenvalue weighted by Crippen LogP contribution is -2.03. The third kappa shape index (κ3) is 5.50. The fourth-order valence-corrected chi connectivity index (χ4v) is 0.471. The van der Waals surface area contributed by atoms with Gasteiger partial charge < -0.3 is 5.11 Å². The number of halogens is 1. The fourth-order valence-electron chi connectivity index (χ4n) is 0.471. The van der Waals surface area contributed by atoms with Crippen molar-refractivity contribution in [1.29, 1.82) is 0 Å². The molecular formula is C7H13FO. The van der Waals surface area contributed by atoms with Crippen LogP contribution in [-0.2, 0) is 0 Å². The first-order chi connectivity index (χ1) is 4.31. The first-order valence-electron chi connectivity index (χ1n) is 3.22. The molecule has 0 saturated heterocycles. The molecule has 2 heteroatoms. The molecule has 0 aromatic rings. The van der Waals surface area contributed by atoms with Crippen molar-refractivity contribution >= 4 is 0 Å². The molecular weight excluding hydrogens is 119 g/mol. The van der Waals surface area contributed by atoms with Gasteiger partial charge in [-0.3, -0.25) is 0 Å². The molecule has 1 nitrogen and oxygen atoms in total. The van der Waals surface area contributed by atoms with E-state index in [1.807, 2.05) is 6.92 Å². The van der Waals surface area contributed by atoms with E-state index >= 15 is 0 Å². The summed E-state index contributed by atoms with van der Waals surface area (Å²) in [5.74, 6) is 0. The summed E-state index contributed by atoms with van der Waals surface area (Å²) < 4.78 is 11.5. The third-order valence-electron chi connectivity index (χ3n) is 0.972. The molecule has 0 aliphatic rings. The van der Waals surface area contributed by atoms with Crippen LogP contribution in [0.4, 0.5) is 4.39 Å². The van der Waals surface area contributed by atoms with Crippen LogP contribution in [-0.4, -0.2) is 17.9 Å². The van der Waals surface area contributed by atoms with Gasteiger partial charge in [0.2, 0.25) is 0 Å². The summed E-state index contributed by atoms with van der Waals surface area (Å²) in [6.45, 7) is 1.35. The second kappa shape index (κ2) is 5.76. The van der Waals surface area contributed by atoms with Gasteiger partial charge >= 0.3 is 0 Å². The highest BCUT2D eigenvalue weighted by Crippen LogP contribution is 1.92. The number of aliphatic hydroxyl groups is 1. The zero-order valence-corrected chi connectivity index (χ0v) is 5.68. The summed E-state index contributed by atoms with van der Waals surface area (Å²) in [6.07, 6.45) is 4.34. The molecule has 0 spiro atoms. The first kappa shape index (κ1) is 8.63. The monoisotopic (exact) mass is 132 g/mol. The number of alkyl halides is 1. The van der Waals surface area contributed by atoms with Gasteiger partial charge in [0.15, 0.2) is 0 Å². The molecule has 0 aliphatic heterocycles. The number of allylic oxidation sites excluding steroid dienone is 1. The Balaban J connectivity index is 3.20. The molecule has 0 aromatic heterocycles. The van der Waals surface area contributed by atoms with Crippen molar-refractivity contribution in [1.82, 2.24) is 0 Å². The maximum Gasteiger partial charge on any atom is 0.119 e. The standard InChI is InChI=1S/C7H13FO/c1-2-3-4-5-7(9)6-8/h4-5,7,9H,2-3,6H2,1H3/b5-4+. The summed E-state index contributed by atoms with van der Waals surface area (Å²) in [5, 5.41) is 8.62. The van der Waals surface area contributed by atoms with Crippen molar-refractivity contribution < 1.29 is 9.50 Å². The lowest BCUT2D eigenvalue weighted by Gasteiger charge is -1.94. The molecule has 0 aromatic carbocycles. The zero-order chi connectivity index (χ0) is 7.11. The lowest BCUT2D eigenvalue weighted by molar-refractivity contribution is 0.183. The molecule has 0 amide bonds. The van der Waals surface area contributed by atoms with E-state index in [9.17, 15) is 4.39 Å². The topological polar surface area (TPSA) is 20.2 Å². The van der Waals surface area contributed by atoms with E-state index in [2.05, 4.69) is 0 Å². The SMILES string of the molecule is CCC/C=C/C(O)CF. The van der Waals surface area contributed by atoms with E-state index < -0.39 is 12.8 Å². The number of aliphatic hydroxyl groups excluding tert-OH is 1. The highest BCUT2D eigenvalue weighted by atomic mass is 19.1. The molecule has 54 valence electrons. The van der Waals surface area contributed by atoms with Gasteiger partial charge in [-0.05, 0) is 6.42 Å². The molecule has 9 heavy (non-hydrogen) atoms. The van der Waals surface area contributed by atoms with E-state index in [1.54, 1.807) is 6.08 Å². The van der Waals surface area contributed by atoms with Crippen LogP contribution in [0, 0.1) is 0 Å². The molecule has 0 heterocycles. The van der Waals surface area contributed by atoms with Crippen LogP contribution in [0.1, 0.15) is 19.8 Å². The molecule has 0 saturated carbocycles. The Morgan fingerprint density at radius 3 is 2.78 bits per heavy atom. The minimum absolute atomic E-state index is 0.680. The van der Waals surface area contributed by atoms with Gasteiger partial charge in [-0.15, -0.1) is 0 Å². The molecule has 0 aliphatic carbocycles. The fraction of sp³-hybridized carbons (Fsp3) is 0.714. The maximum atomic E-state index is 11.5. The molecule has 1 N–H and O–H groups in total.